The summed E-state index contributed by atoms with van der Waals surface area (Å²) in [5.41, 5.74) is 5.91. The second-order valence-electron chi connectivity index (χ2n) is 12.4. The van der Waals surface area contributed by atoms with Crippen molar-refractivity contribution in [3.05, 3.63) is 98.5 Å². The topological polar surface area (TPSA) is 57.7 Å². The van der Waals surface area contributed by atoms with Crippen molar-refractivity contribution in [2.75, 3.05) is 36.7 Å². The number of sulfonamides is 1. The van der Waals surface area contributed by atoms with Crippen LogP contribution in [0.2, 0.25) is 10.0 Å². The summed E-state index contributed by atoms with van der Waals surface area (Å²) in [7, 11) is -3.34. The van der Waals surface area contributed by atoms with Crippen LogP contribution in [0.1, 0.15) is 71.1 Å². The van der Waals surface area contributed by atoms with E-state index in [1.165, 1.54) is 6.26 Å². The molecule has 42 heavy (non-hydrogen) atoms. The summed E-state index contributed by atoms with van der Waals surface area (Å²) in [6, 6.07) is 19.8. The summed E-state index contributed by atoms with van der Waals surface area (Å²) < 4.78 is 26.7. The van der Waals surface area contributed by atoms with Gasteiger partial charge in [-0.25, -0.2) is 8.42 Å². The molecule has 3 aromatic rings. The Morgan fingerprint density at radius 2 is 1.62 bits per heavy atom. The lowest BCUT2D eigenvalue weighted by molar-refractivity contribution is 0.0915. The van der Waals surface area contributed by atoms with Crippen LogP contribution in [0.4, 0.5) is 5.69 Å². The normalized spacial score (nSPS) is 18.2. The number of para-hydroxylation sites is 1. The minimum atomic E-state index is -3.34. The molecule has 0 saturated carbocycles. The molecule has 0 radical (unpaired) electrons. The number of carbonyl (C=O) groups excluding carboxylic acids is 1. The summed E-state index contributed by atoms with van der Waals surface area (Å²) in [6.45, 7) is 9.29. The number of ketones is 1. The molecule has 2 aliphatic heterocycles. The van der Waals surface area contributed by atoms with Gasteiger partial charge >= 0.3 is 0 Å². The van der Waals surface area contributed by atoms with Crippen molar-refractivity contribution in [2.24, 2.45) is 5.92 Å². The van der Waals surface area contributed by atoms with E-state index in [2.05, 4.69) is 17.0 Å². The number of halogens is 2. The van der Waals surface area contributed by atoms with E-state index in [1.54, 1.807) is 4.31 Å². The zero-order valence-electron chi connectivity index (χ0n) is 24.9. The zero-order valence-corrected chi connectivity index (χ0v) is 27.2. The Morgan fingerprint density at radius 3 is 2.26 bits per heavy atom. The van der Waals surface area contributed by atoms with E-state index in [-0.39, 0.29) is 23.0 Å². The third-order valence-corrected chi connectivity index (χ3v) is 11.1. The predicted molar refractivity (Wildman–Crippen MR) is 174 cm³/mol. The number of fused-ring (bicyclic) bond motifs is 2. The number of benzene rings is 3. The molecule has 224 valence electrons. The van der Waals surface area contributed by atoms with E-state index < -0.39 is 10.0 Å². The van der Waals surface area contributed by atoms with Gasteiger partial charge in [0.25, 0.3) is 0 Å². The molecule has 5 nitrogen and oxygen atoms in total. The lowest BCUT2D eigenvalue weighted by Gasteiger charge is -2.40. The van der Waals surface area contributed by atoms with Crippen molar-refractivity contribution >= 4 is 44.7 Å². The van der Waals surface area contributed by atoms with Crippen LogP contribution in [0.25, 0.3) is 0 Å². The molecule has 2 atom stereocenters. The highest BCUT2D eigenvalue weighted by atomic mass is 35.5. The number of Topliss-reactive ketones (excluding diaryl/α,β-unsaturated/α-hetero) is 1. The third kappa shape index (κ3) is 6.57. The van der Waals surface area contributed by atoms with Crippen LogP contribution in [-0.2, 0) is 15.4 Å². The van der Waals surface area contributed by atoms with E-state index >= 15 is 0 Å². The van der Waals surface area contributed by atoms with Crippen LogP contribution >= 0.6 is 23.2 Å². The Bertz CT molecular complexity index is 1560. The Kier molecular flexibility index (Phi) is 9.11. The van der Waals surface area contributed by atoms with E-state index in [0.717, 1.165) is 78.8 Å². The van der Waals surface area contributed by atoms with Crippen LogP contribution < -0.4 is 4.31 Å². The number of nitrogens with zero attached hydrogens (tertiary/aromatic N) is 2. The fraction of sp³-hybridized carbons (Fsp3) is 0.441. The highest BCUT2D eigenvalue weighted by molar-refractivity contribution is 7.92. The maximum absolute atomic E-state index is 13.5. The van der Waals surface area contributed by atoms with Gasteiger partial charge in [0.2, 0.25) is 10.0 Å². The fourth-order valence-electron chi connectivity index (χ4n) is 6.97. The van der Waals surface area contributed by atoms with E-state index in [9.17, 15) is 13.2 Å². The molecule has 0 N–H and O–H groups in total. The number of likely N-dealkylation sites (tertiary alicyclic amines) is 1. The lowest BCUT2D eigenvalue weighted by Crippen LogP contribution is -2.46. The Balaban J connectivity index is 1.29. The molecule has 8 heteroatoms. The van der Waals surface area contributed by atoms with Crippen molar-refractivity contribution in [3.63, 3.8) is 0 Å². The SMILES string of the molecule is Cc1cc(C)cc(C(=O)C(C)CC(CCN2CCC3(CC2)CN(S(C)(=O)=O)c2ccccc23)c2ccc(Cl)c(Cl)c2)c1. The van der Waals surface area contributed by atoms with Crippen LogP contribution in [0.5, 0.6) is 0 Å². The van der Waals surface area contributed by atoms with Gasteiger partial charge in [0, 0.05) is 23.4 Å². The van der Waals surface area contributed by atoms with Gasteiger partial charge in [0.15, 0.2) is 5.78 Å². The van der Waals surface area contributed by atoms with Gasteiger partial charge in [-0.15, -0.1) is 0 Å². The second kappa shape index (κ2) is 12.3. The van der Waals surface area contributed by atoms with E-state index in [1.807, 2.05) is 69.3 Å². The van der Waals surface area contributed by atoms with E-state index in [0.29, 0.717) is 16.6 Å². The minimum absolute atomic E-state index is 0.146. The average molecular weight is 628 g/mol. The minimum Gasteiger partial charge on any atom is -0.303 e. The Morgan fingerprint density at radius 1 is 0.952 bits per heavy atom. The molecule has 0 aliphatic carbocycles. The van der Waals surface area contributed by atoms with Crippen molar-refractivity contribution in [1.29, 1.82) is 0 Å². The van der Waals surface area contributed by atoms with Crippen LogP contribution in [-0.4, -0.2) is 51.5 Å². The first-order valence-corrected chi connectivity index (χ1v) is 17.3. The lowest BCUT2D eigenvalue weighted by atomic mass is 9.74. The van der Waals surface area contributed by atoms with Gasteiger partial charge in [0.05, 0.1) is 22.0 Å². The standard InChI is InChI=1S/C34H40Cl2N2O3S/c1-23-17-24(2)19-28(18-23)33(39)25(3)20-27(26-9-10-30(35)31(36)21-26)11-14-37-15-12-34(13-16-37)22-38(42(4,40)41)32-8-6-5-7-29(32)34/h5-10,17-19,21,25,27H,11-16,20,22H2,1-4H3. The molecule has 2 heterocycles. The van der Waals surface area contributed by atoms with Gasteiger partial charge in [-0.3, -0.25) is 9.10 Å². The number of rotatable bonds is 9. The maximum Gasteiger partial charge on any atom is 0.232 e. The number of piperidine rings is 1. The van der Waals surface area contributed by atoms with Crippen LogP contribution in [0.3, 0.4) is 0 Å². The molecular formula is C34H40Cl2N2O3S. The first-order valence-electron chi connectivity index (χ1n) is 14.7. The second-order valence-corrected chi connectivity index (χ2v) is 15.2. The number of hydrogen-bond acceptors (Lipinski definition) is 4. The molecule has 0 aromatic heterocycles. The summed E-state index contributed by atoms with van der Waals surface area (Å²) >= 11 is 12.7. The molecule has 2 unspecified atom stereocenters. The molecule has 2 aliphatic rings. The molecule has 0 bridgehead atoms. The molecule has 5 rings (SSSR count). The number of anilines is 1. The Labute approximate surface area is 260 Å². The first-order chi connectivity index (χ1) is 19.9. The number of aryl methyl sites for hydroxylation is 2. The van der Waals surface area contributed by atoms with Crippen LogP contribution in [0, 0.1) is 19.8 Å². The highest BCUT2D eigenvalue weighted by Crippen LogP contribution is 2.48. The average Bonchev–Trinajstić information content (AvgIpc) is 3.27. The van der Waals surface area contributed by atoms with Gasteiger partial charge in [0.1, 0.15) is 0 Å². The monoisotopic (exact) mass is 626 g/mol. The van der Waals surface area contributed by atoms with Gasteiger partial charge in [-0.2, -0.15) is 0 Å². The molecule has 1 fully saturated rings. The summed E-state index contributed by atoms with van der Waals surface area (Å²) in [4.78, 5) is 16.0. The summed E-state index contributed by atoms with van der Waals surface area (Å²) in [5.74, 6) is 0.169. The van der Waals surface area contributed by atoms with Crippen LogP contribution in [0.15, 0.2) is 60.7 Å². The van der Waals surface area contributed by atoms with Gasteiger partial charge in [-0.1, -0.05) is 71.6 Å². The van der Waals surface area contributed by atoms with Crippen molar-refractivity contribution in [3.8, 4) is 0 Å². The number of carbonyl (C=O) groups is 1. The third-order valence-electron chi connectivity index (χ3n) is 9.20. The van der Waals surface area contributed by atoms with Crippen molar-refractivity contribution in [2.45, 2.75) is 57.8 Å². The largest absolute Gasteiger partial charge is 0.303 e. The quantitative estimate of drug-likeness (QED) is 0.227. The molecule has 1 spiro atoms. The maximum atomic E-state index is 13.5. The predicted octanol–water partition coefficient (Wildman–Crippen LogP) is 7.81. The smallest absolute Gasteiger partial charge is 0.232 e. The van der Waals surface area contributed by atoms with Gasteiger partial charge in [-0.05, 0) is 107 Å². The first kappa shape index (κ1) is 31.1. The highest BCUT2D eigenvalue weighted by Gasteiger charge is 2.46. The number of hydrogen-bond donors (Lipinski definition) is 0. The summed E-state index contributed by atoms with van der Waals surface area (Å²) in [5, 5.41) is 1.06. The summed E-state index contributed by atoms with van der Waals surface area (Å²) in [6.07, 6.45) is 4.73. The molecular weight excluding hydrogens is 587 g/mol. The molecule has 3 aromatic carbocycles. The van der Waals surface area contributed by atoms with E-state index in [4.69, 9.17) is 23.2 Å². The van der Waals surface area contributed by atoms with Crippen molar-refractivity contribution < 1.29 is 13.2 Å². The fourth-order valence-corrected chi connectivity index (χ4v) is 8.28. The molecule has 1 saturated heterocycles. The van der Waals surface area contributed by atoms with Crippen molar-refractivity contribution in [1.82, 2.24) is 4.90 Å². The zero-order chi connectivity index (χ0) is 30.2. The van der Waals surface area contributed by atoms with Gasteiger partial charge < -0.3 is 4.90 Å². The Hall–Kier alpha value is -2.38. The molecule has 0 amide bonds.